The summed E-state index contributed by atoms with van der Waals surface area (Å²) in [4.78, 5) is 23.5. The van der Waals surface area contributed by atoms with Crippen LogP contribution in [0.3, 0.4) is 0 Å². The molecule has 2 aromatic rings. The molecule has 0 saturated heterocycles. The van der Waals surface area contributed by atoms with E-state index in [4.69, 9.17) is 10.5 Å². The molecule has 2 N–H and O–H groups in total. The minimum Gasteiger partial charge on any atom is -0.457 e. The van der Waals surface area contributed by atoms with Crippen molar-refractivity contribution in [3.63, 3.8) is 0 Å². The van der Waals surface area contributed by atoms with Crippen LogP contribution < -0.4 is 5.73 Å². The minimum atomic E-state index is -0.513. The third-order valence-corrected chi connectivity index (χ3v) is 3.34. The van der Waals surface area contributed by atoms with Crippen LogP contribution in [0.15, 0.2) is 30.5 Å². The van der Waals surface area contributed by atoms with E-state index in [9.17, 15) is 9.59 Å². The summed E-state index contributed by atoms with van der Waals surface area (Å²) in [5.74, 6) is -0.951. The highest BCUT2D eigenvalue weighted by atomic mass is 16.5. The monoisotopic (exact) mass is 315 g/mol. The number of esters is 1. The molecule has 0 unspecified atom stereocenters. The molecule has 0 bridgehead atoms. The molecule has 1 heterocycles. The molecule has 1 amide bonds. The molecule has 0 spiro atoms. The van der Waals surface area contributed by atoms with Crippen LogP contribution in [0, 0.1) is 0 Å². The summed E-state index contributed by atoms with van der Waals surface area (Å²) in [7, 11) is 1.77. The van der Waals surface area contributed by atoms with Crippen LogP contribution in [-0.2, 0) is 23.8 Å². The molecule has 6 heteroatoms. The molecule has 0 aliphatic rings. The predicted octanol–water partition coefficient (Wildman–Crippen LogP) is 2.17. The number of amides is 1. The number of aryl methyl sites for hydroxylation is 1. The fraction of sp³-hybridized carbons (Fsp3) is 0.353. The molecule has 0 aliphatic carbocycles. The van der Waals surface area contributed by atoms with Crippen LogP contribution in [0.25, 0.3) is 0 Å². The maximum absolute atomic E-state index is 12.4. The fourth-order valence-electron chi connectivity index (χ4n) is 2.23. The second-order valence-electron chi connectivity index (χ2n) is 6.46. The molecule has 0 fully saturated rings. The summed E-state index contributed by atoms with van der Waals surface area (Å²) in [6.07, 6.45) is 1.66. The molecule has 0 aliphatic heterocycles. The van der Waals surface area contributed by atoms with Crippen molar-refractivity contribution in [2.75, 3.05) is 0 Å². The standard InChI is InChI=1S/C17H21N3O3/c1-17(2,3)14-13(9-20(4)19-14)16(22)23-10-11-6-5-7-12(8-11)15(18)21/h5-9H,10H2,1-4H3,(H2,18,21). The van der Waals surface area contributed by atoms with E-state index >= 15 is 0 Å². The quantitative estimate of drug-likeness (QED) is 0.876. The summed E-state index contributed by atoms with van der Waals surface area (Å²) < 4.78 is 6.96. The van der Waals surface area contributed by atoms with Gasteiger partial charge in [-0.3, -0.25) is 9.48 Å². The van der Waals surface area contributed by atoms with Crippen LogP contribution in [-0.4, -0.2) is 21.7 Å². The summed E-state index contributed by atoms with van der Waals surface area (Å²) in [6.45, 7) is 6.03. The maximum Gasteiger partial charge on any atom is 0.341 e. The van der Waals surface area contributed by atoms with Gasteiger partial charge in [-0.05, 0) is 17.7 Å². The van der Waals surface area contributed by atoms with Gasteiger partial charge in [-0.25, -0.2) is 4.79 Å². The molecular weight excluding hydrogens is 294 g/mol. The number of benzene rings is 1. The van der Waals surface area contributed by atoms with E-state index in [1.807, 2.05) is 20.8 Å². The highest BCUT2D eigenvalue weighted by Gasteiger charge is 2.26. The van der Waals surface area contributed by atoms with Crippen molar-refractivity contribution in [1.82, 2.24) is 9.78 Å². The van der Waals surface area contributed by atoms with E-state index < -0.39 is 11.9 Å². The Labute approximate surface area is 135 Å². The van der Waals surface area contributed by atoms with Crippen molar-refractivity contribution in [2.45, 2.75) is 32.8 Å². The first-order valence-corrected chi connectivity index (χ1v) is 7.28. The third-order valence-electron chi connectivity index (χ3n) is 3.34. The molecule has 23 heavy (non-hydrogen) atoms. The largest absolute Gasteiger partial charge is 0.457 e. The number of hydrogen-bond acceptors (Lipinski definition) is 4. The average molecular weight is 315 g/mol. The van der Waals surface area contributed by atoms with Crippen LogP contribution in [0.5, 0.6) is 0 Å². The van der Waals surface area contributed by atoms with Gasteiger partial charge in [0.05, 0.1) is 5.69 Å². The Kier molecular flexibility index (Phi) is 4.54. The van der Waals surface area contributed by atoms with Gasteiger partial charge in [0.1, 0.15) is 12.2 Å². The molecule has 0 saturated carbocycles. The minimum absolute atomic E-state index is 0.0679. The van der Waals surface area contributed by atoms with Crippen molar-refractivity contribution in [2.24, 2.45) is 12.8 Å². The van der Waals surface area contributed by atoms with E-state index in [2.05, 4.69) is 5.10 Å². The maximum atomic E-state index is 12.4. The second kappa shape index (κ2) is 6.24. The summed E-state index contributed by atoms with van der Waals surface area (Å²) in [5, 5.41) is 4.35. The number of hydrogen-bond donors (Lipinski definition) is 1. The number of aromatic nitrogens is 2. The lowest BCUT2D eigenvalue weighted by Crippen LogP contribution is -2.18. The normalized spacial score (nSPS) is 11.3. The Morgan fingerprint density at radius 2 is 2.00 bits per heavy atom. The highest BCUT2D eigenvalue weighted by molar-refractivity contribution is 5.93. The van der Waals surface area contributed by atoms with Gasteiger partial charge in [-0.1, -0.05) is 32.9 Å². The van der Waals surface area contributed by atoms with Crippen molar-refractivity contribution in [3.8, 4) is 0 Å². The van der Waals surface area contributed by atoms with E-state index in [1.165, 1.54) is 0 Å². The molecule has 1 aromatic heterocycles. The van der Waals surface area contributed by atoms with Gasteiger partial charge < -0.3 is 10.5 Å². The smallest absolute Gasteiger partial charge is 0.341 e. The Hall–Kier alpha value is -2.63. The Morgan fingerprint density at radius 3 is 2.61 bits per heavy atom. The number of primary amides is 1. The van der Waals surface area contributed by atoms with Gasteiger partial charge in [0.25, 0.3) is 0 Å². The number of nitrogens with two attached hydrogens (primary N) is 1. The first-order valence-electron chi connectivity index (χ1n) is 7.28. The topological polar surface area (TPSA) is 87.2 Å². The number of rotatable bonds is 4. The lowest BCUT2D eigenvalue weighted by atomic mass is 9.89. The van der Waals surface area contributed by atoms with Crippen LogP contribution in [0.4, 0.5) is 0 Å². The number of carbonyl (C=O) groups is 2. The summed E-state index contributed by atoms with van der Waals surface area (Å²) >= 11 is 0. The summed E-state index contributed by atoms with van der Waals surface area (Å²) in [5.41, 5.74) is 7.21. The van der Waals surface area contributed by atoms with Gasteiger partial charge in [0.15, 0.2) is 0 Å². The average Bonchev–Trinajstić information content (AvgIpc) is 2.87. The van der Waals surface area contributed by atoms with E-state index in [1.54, 1.807) is 42.2 Å². The lowest BCUT2D eigenvalue weighted by Gasteiger charge is -2.16. The van der Waals surface area contributed by atoms with Crippen molar-refractivity contribution < 1.29 is 14.3 Å². The van der Waals surface area contributed by atoms with Gasteiger partial charge >= 0.3 is 5.97 Å². The molecule has 122 valence electrons. The first-order chi connectivity index (χ1) is 10.7. The first kappa shape index (κ1) is 16.7. The van der Waals surface area contributed by atoms with Crippen molar-refractivity contribution in [3.05, 3.63) is 52.8 Å². The number of nitrogens with zero attached hydrogens (tertiary/aromatic N) is 2. The number of carbonyl (C=O) groups excluding carboxylic acids is 2. The zero-order valence-electron chi connectivity index (χ0n) is 13.8. The molecule has 1 aromatic carbocycles. The lowest BCUT2D eigenvalue weighted by molar-refractivity contribution is 0.0470. The van der Waals surface area contributed by atoms with E-state index in [-0.39, 0.29) is 12.0 Å². The Balaban J connectivity index is 2.15. The fourth-order valence-corrected chi connectivity index (χ4v) is 2.23. The molecule has 6 nitrogen and oxygen atoms in total. The Morgan fingerprint density at radius 1 is 1.30 bits per heavy atom. The van der Waals surface area contributed by atoms with Gasteiger partial charge in [0, 0.05) is 24.2 Å². The molecule has 2 rings (SSSR count). The zero-order chi connectivity index (χ0) is 17.2. The van der Waals surface area contributed by atoms with Gasteiger partial charge in [-0.2, -0.15) is 5.10 Å². The predicted molar refractivity (Wildman–Crippen MR) is 86.0 cm³/mol. The van der Waals surface area contributed by atoms with E-state index in [0.717, 1.165) is 0 Å². The molecule has 0 radical (unpaired) electrons. The third kappa shape index (κ3) is 3.97. The van der Waals surface area contributed by atoms with E-state index in [0.29, 0.717) is 22.4 Å². The number of ether oxygens (including phenoxy) is 1. The van der Waals surface area contributed by atoms with Crippen LogP contribution >= 0.6 is 0 Å². The van der Waals surface area contributed by atoms with Gasteiger partial charge in [-0.15, -0.1) is 0 Å². The van der Waals surface area contributed by atoms with Crippen LogP contribution in [0.2, 0.25) is 0 Å². The van der Waals surface area contributed by atoms with Gasteiger partial charge in [0.2, 0.25) is 5.91 Å². The van der Waals surface area contributed by atoms with Crippen molar-refractivity contribution >= 4 is 11.9 Å². The van der Waals surface area contributed by atoms with Crippen LogP contribution in [0.1, 0.15) is 52.7 Å². The zero-order valence-corrected chi connectivity index (χ0v) is 13.8. The Bertz CT molecular complexity index is 742. The molecular formula is C17H21N3O3. The highest BCUT2D eigenvalue weighted by Crippen LogP contribution is 2.24. The summed E-state index contributed by atoms with van der Waals surface area (Å²) in [6, 6.07) is 6.71. The second-order valence-corrected chi connectivity index (χ2v) is 6.46. The SMILES string of the molecule is Cn1cc(C(=O)OCc2cccc(C(N)=O)c2)c(C(C)(C)C)n1. The molecule has 0 atom stereocenters. The van der Waals surface area contributed by atoms with Crippen molar-refractivity contribution in [1.29, 1.82) is 0 Å².